The van der Waals surface area contributed by atoms with Gasteiger partial charge in [-0.3, -0.25) is 0 Å². The van der Waals surface area contributed by atoms with Gasteiger partial charge in [-0.1, -0.05) is 38.8 Å². The average molecular weight is 276 g/mol. The maximum atomic E-state index is 13.3. The van der Waals surface area contributed by atoms with Gasteiger partial charge >= 0.3 is 0 Å². The quantitative estimate of drug-likeness (QED) is 0.742. The molecule has 1 aromatic rings. The molecule has 1 aromatic carbocycles. The summed E-state index contributed by atoms with van der Waals surface area (Å²) < 4.78 is 26.4. The van der Waals surface area contributed by atoms with E-state index in [9.17, 15) is 8.78 Å². The Bertz CT molecular complexity index is 396. The molecule has 0 saturated heterocycles. The predicted octanol–water partition coefficient (Wildman–Crippen LogP) is 4.71. The van der Waals surface area contributed by atoms with Gasteiger partial charge in [-0.2, -0.15) is 0 Å². The first-order chi connectivity index (χ1) is 8.51. The fourth-order valence-corrected chi connectivity index (χ4v) is 2.20. The molecule has 1 rings (SSSR count). The number of halogens is 3. The molecule has 0 radical (unpaired) electrons. The van der Waals surface area contributed by atoms with E-state index in [2.05, 4.69) is 26.1 Å². The molecule has 0 fully saturated rings. The molecule has 18 heavy (non-hydrogen) atoms. The monoisotopic (exact) mass is 275 g/mol. The lowest BCUT2D eigenvalue weighted by molar-refractivity contribution is 0.374. The highest BCUT2D eigenvalue weighted by atomic mass is 35.5. The third kappa shape index (κ3) is 3.66. The molecule has 2 atom stereocenters. The number of nitrogens with one attached hydrogen (secondary N) is 1. The zero-order valence-electron chi connectivity index (χ0n) is 11.1. The summed E-state index contributed by atoms with van der Waals surface area (Å²) in [6.45, 7) is 7.03. The minimum Gasteiger partial charge on any atom is -0.310 e. The third-order valence-electron chi connectivity index (χ3n) is 3.20. The smallest absolute Gasteiger partial charge is 0.160 e. The molecule has 0 saturated carbocycles. The first-order valence-corrected chi connectivity index (χ1v) is 6.76. The van der Waals surface area contributed by atoms with Crippen molar-refractivity contribution in [1.29, 1.82) is 0 Å². The Balaban J connectivity index is 3.07. The van der Waals surface area contributed by atoms with Crippen LogP contribution in [0.2, 0.25) is 5.02 Å². The Labute approximate surface area is 113 Å². The number of rotatable bonds is 6. The molecule has 102 valence electrons. The van der Waals surface area contributed by atoms with E-state index in [1.54, 1.807) is 0 Å². The highest BCUT2D eigenvalue weighted by Gasteiger charge is 2.21. The normalized spacial score (nSPS) is 14.6. The van der Waals surface area contributed by atoms with Crippen LogP contribution in [0, 0.1) is 17.6 Å². The van der Waals surface area contributed by atoms with Crippen LogP contribution in [0.1, 0.15) is 45.2 Å². The molecule has 0 heterocycles. The van der Waals surface area contributed by atoms with Gasteiger partial charge in [0, 0.05) is 11.1 Å². The van der Waals surface area contributed by atoms with Crippen molar-refractivity contribution in [2.45, 2.75) is 39.7 Å². The van der Waals surface area contributed by atoms with E-state index < -0.39 is 11.6 Å². The molecule has 0 bridgehead atoms. The van der Waals surface area contributed by atoms with Gasteiger partial charge in [0.25, 0.3) is 0 Å². The van der Waals surface area contributed by atoms with Crippen molar-refractivity contribution < 1.29 is 8.78 Å². The molecule has 0 spiro atoms. The van der Waals surface area contributed by atoms with Crippen LogP contribution >= 0.6 is 11.6 Å². The van der Waals surface area contributed by atoms with E-state index in [-0.39, 0.29) is 11.1 Å². The summed E-state index contributed by atoms with van der Waals surface area (Å²) in [7, 11) is 0. The second kappa shape index (κ2) is 7.05. The summed E-state index contributed by atoms with van der Waals surface area (Å²) in [5.74, 6) is -1.44. The lowest BCUT2D eigenvalue weighted by Crippen LogP contribution is -2.28. The van der Waals surface area contributed by atoms with Crippen LogP contribution in [0.4, 0.5) is 8.78 Å². The van der Waals surface area contributed by atoms with E-state index >= 15 is 0 Å². The molecule has 4 heteroatoms. The van der Waals surface area contributed by atoms with E-state index in [1.165, 1.54) is 6.07 Å². The predicted molar refractivity (Wildman–Crippen MR) is 71.9 cm³/mol. The van der Waals surface area contributed by atoms with Crippen molar-refractivity contribution in [3.05, 3.63) is 34.4 Å². The minimum absolute atomic E-state index is 0.0439. The Hall–Kier alpha value is -0.670. The largest absolute Gasteiger partial charge is 0.310 e. The van der Waals surface area contributed by atoms with E-state index in [0.29, 0.717) is 11.5 Å². The SMILES string of the molecule is CCCNC(c1cc(F)c(F)cc1Cl)C(C)CC. The average Bonchev–Trinajstić information content (AvgIpc) is 2.35. The molecular formula is C14H20ClF2N. The lowest BCUT2D eigenvalue weighted by atomic mass is 9.92. The van der Waals surface area contributed by atoms with Crippen molar-refractivity contribution in [3.63, 3.8) is 0 Å². The molecule has 0 amide bonds. The second-order valence-electron chi connectivity index (χ2n) is 4.61. The van der Waals surface area contributed by atoms with Gasteiger partial charge in [0.15, 0.2) is 11.6 Å². The number of benzene rings is 1. The highest BCUT2D eigenvalue weighted by Crippen LogP contribution is 2.31. The first kappa shape index (κ1) is 15.4. The van der Waals surface area contributed by atoms with Gasteiger partial charge in [-0.25, -0.2) is 8.78 Å². The summed E-state index contributed by atoms with van der Waals surface area (Å²) >= 11 is 6.03. The van der Waals surface area contributed by atoms with Gasteiger partial charge in [0.1, 0.15) is 0 Å². The van der Waals surface area contributed by atoms with Crippen LogP contribution in [0.3, 0.4) is 0 Å². The molecule has 0 aliphatic heterocycles. The van der Waals surface area contributed by atoms with Crippen LogP contribution in [0.5, 0.6) is 0 Å². The zero-order valence-corrected chi connectivity index (χ0v) is 11.8. The highest BCUT2D eigenvalue weighted by molar-refractivity contribution is 6.31. The van der Waals surface area contributed by atoms with Gasteiger partial charge in [0.2, 0.25) is 0 Å². The number of hydrogen-bond donors (Lipinski definition) is 1. The summed E-state index contributed by atoms with van der Waals surface area (Å²) in [6.07, 6.45) is 1.92. The third-order valence-corrected chi connectivity index (χ3v) is 3.53. The zero-order chi connectivity index (χ0) is 13.7. The van der Waals surface area contributed by atoms with E-state index in [4.69, 9.17) is 11.6 Å². The van der Waals surface area contributed by atoms with E-state index in [0.717, 1.165) is 25.5 Å². The summed E-state index contributed by atoms with van der Waals surface area (Å²) in [5, 5.41) is 3.63. The van der Waals surface area contributed by atoms with E-state index in [1.807, 2.05) is 0 Å². The maximum absolute atomic E-state index is 13.3. The van der Waals surface area contributed by atoms with Crippen molar-refractivity contribution >= 4 is 11.6 Å². The summed E-state index contributed by atoms with van der Waals surface area (Å²) in [4.78, 5) is 0. The minimum atomic E-state index is -0.901. The lowest BCUT2D eigenvalue weighted by Gasteiger charge is -2.25. The topological polar surface area (TPSA) is 12.0 Å². The Morgan fingerprint density at radius 2 is 1.83 bits per heavy atom. The standard InChI is InChI=1S/C14H20ClF2N/c1-4-6-18-14(9(3)5-2)10-7-12(16)13(17)8-11(10)15/h7-9,14,18H,4-6H2,1-3H3. The molecule has 0 aliphatic rings. The van der Waals surface area contributed by atoms with Crippen molar-refractivity contribution in [2.24, 2.45) is 5.92 Å². The van der Waals surface area contributed by atoms with Crippen molar-refractivity contribution in [1.82, 2.24) is 5.32 Å². The fraction of sp³-hybridized carbons (Fsp3) is 0.571. The van der Waals surface area contributed by atoms with Gasteiger partial charge in [0.05, 0.1) is 0 Å². The molecular weight excluding hydrogens is 256 g/mol. The van der Waals surface area contributed by atoms with Gasteiger partial charge in [-0.05, 0) is 36.6 Å². The molecule has 0 aromatic heterocycles. The van der Waals surface area contributed by atoms with Crippen molar-refractivity contribution in [2.75, 3.05) is 6.54 Å². The number of hydrogen-bond acceptors (Lipinski definition) is 1. The molecule has 2 unspecified atom stereocenters. The fourth-order valence-electron chi connectivity index (χ4n) is 1.93. The van der Waals surface area contributed by atoms with Crippen LogP contribution in [-0.4, -0.2) is 6.54 Å². The molecule has 0 aliphatic carbocycles. The van der Waals surface area contributed by atoms with Crippen LogP contribution in [-0.2, 0) is 0 Å². The Morgan fingerprint density at radius 3 is 2.39 bits per heavy atom. The van der Waals surface area contributed by atoms with Crippen LogP contribution in [0.25, 0.3) is 0 Å². The van der Waals surface area contributed by atoms with Gasteiger partial charge in [-0.15, -0.1) is 0 Å². The summed E-state index contributed by atoms with van der Waals surface area (Å²) in [6, 6.07) is 2.21. The molecule has 1 nitrogen and oxygen atoms in total. The maximum Gasteiger partial charge on any atom is 0.160 e. The second-order valence-corrected chi connectivity index (χ2v) is 5.01. The van der Waals surface area contributed by atoms with Gasteiger partial charge < -0.3 is 5.32 Å². The van der Waals surface area contributed by atoms with Crippen LogP contribution < -0.4 is 5.32 Å². The molecule has 1 N–H and O–H groups in total. The Morgan fingerprint density at radius 1 is 1.22 bits per heavy atom. The van der Waals surface area contributed by atoms with Crippen LogP contribution in [0.15, 0.2) is 12.1 Å². The van der Waals surface area contributed by atoms with Crippen molar-refractivity contribution in [3.8, 4) is 0 Å². The summed E-state index contributed by atoms with van der Waals surface area (Å²) in [5.41, 5.74) is 0.637. The first-order valence-electron chi connectivity index (χ1n) is 6.39. The Kier molecular flexibility index (Phi) is 6.03.